The van der Waals surface area contributed by atoms with E-state index in [0.29, 0.717) is 17.5 Å². The summed E-state index contributed by atoms with van der Waals surface area (Å²) in [6, 6.07) is 0.733. The summed E-state index contributed by atoms with van der Waals surface area (Å²) in [4.78, 5) is 3.58. The molecule has 0 radical (unpaired) electrons. The van der Waals surface area contributed by atoms with E-state index in [0.717, 1.165) is 6.07 Å². The van der Waals surface area contributed by atoms with E-state index in [2.05, 4.69) is 10.1 Å². The van der Waals surface area contributed by atoms with Crippen LogP contribution in [-0.2, 0) is 6.18 Å². The molecule has 2 N–H and O–H groups in total. The third-order valence-corrected chi connectivity index (χ3v) is 3.35. The van der Waals surface area contributed by atoms with Crippen molar-refractivity contribution in [2.75, 3.05) is 0 Å². The number of pyridine rings is 1. The molecule has 2 aromatic rings. The monoisotopic (exact) mass is 350 g/mol. The summed E-state index contributed by atoms with van der Waals surface area (Å²) < 4.78 is 44.3. The summed E-state index contributed by atoms with van der Waals surface area (Å²) in [7, 11) is 0. The van der Waals surface area contributed by atoms with Crippen LogP contribution >= 0.6 is 23.8 Å². The van der Waals surface area contributed by atoms with Crippen LogP contribution in [0, 0.1) is 13.8 Å². The van der Waals surface area contributed by atoms with Gasteiger partial charge in [0.2, 0.25) is 11.8 Å². The topological polar surface area (TPSA) is 66.0 Å². The molecule has 5 nitrogen and oxygen atoms in total. The fraction of sp³-hybridized carbons (Fsp3) is 0.250. The van der Waals surface area contributed by atoms with Gasteiger partial charge in [0.25, 0.3) is 0 Å². The van der Waals surface area contributed by atoms with Gasteiger partial charge in [-0.05, 0) is 32.1 Å². The number of ether oxygens (including phenoxy) is 1. The normalized spacial score (nSPS) is 11.5. The first kappa shape index (κ1) is 16.5. The van der Waals surface area contributed by atoms with Gasteiger partial charge in [0, 0.05) is 11.8 Å². The highest BCUT2D eigenvalue weighted by atomic mass is 35.5. The van der Waals surface area contributed by atoms with Crippen molar-refractivity contribution in [3.05, 3.63) is 34.1 Å². The molecule has 10 heteroatoms. The van der Waals surface area contributed by atoms with Gasteiger partial charge in [0.15, 0.2) is 5.11 Å². The standard InChI is InChI=1S/C12H10ClF3N4OS/c1-5-6(2)20(11(17)22)19-9(5)21-10-8(13)3-7(4-18-10)12(14,15)16/h3-4H,1-2H3,(H2,17,22). The van der Waals surface area contributed by atoms with E-state index in [9.17, 15) is 13.2 Å². The van der Waals surface area contributed by atoms with Crippen molar-refractivity contribution < 1.29 is 17.9 Å². The molecule has 0 amide bonds. The molecule has 0 atom stereocenters. The summed E-state index contributed by atoms with van der Waals surface area (Å²) >= 11 is 10.6. The third-order valence-electron chi connectivity index (χ3n) is 2.91. The Morgan fingerprint density at radius 3 is 2.45 bits per heavy atom. The average Bonchev–Trinajstić information content (AvgIpc) is 2.68. The van der Waals surface area contributed by atoms with Crippen molar-refractivity contribution in [1.29, 1.82) is 0 Å². The van der Waals surface area contributed by atoms with Crippen molar-refractivity contribution >= 4 is 28.9 Å². The van der Waals surface area contributed by atoms with Gasteiger partial charge in [-0.25, -0.2) is 9.67 Å². The maximum atomic E-state index is 12.6. The number of nitrogens with zero attached hydrogens (tertiary/aromatic N) is 3. The molecule has 2 aromatic heterocycles. The molecule has 2 rings (SSSR count). The van der Waals surface area contributed by atoms with Crippen LogP contribution in [0.2, 0.25) is 5.02 Å². The summed E-state index contributed by atoms with van der Waals surface area (Å²) in [5.74, 6) is -0.0789. The van der Waals surface area contributed by atoms with Crippen LogP contribution in [0.15, 0.2) is 12.3 Å². The molecule has 0 unspecified atom stereocenters. The van der Waals surface area contributed by atoms with Crippen LogP contribution < -0.4 is 10.5 Å². The molecule has 0 spiro atoms. The minimum Gasteiger partial charge on any atom is -0.417 e. The minimum atomic E-state index is -4.53. The number of halogens is 4. The van der Waals surface area contributed by atoms with Gasteiger partial charge in [0.1, 0.15) is 5.02 Å². The molecule has 0 saturated carbocycles. The van der Waals surface area contributed by atoms with Gasteiger partial charge in [-0.15, -0.1) is 5.10 Å². The first-order chi connectivity index (χ1) is 10.1. The number of hydrogen-bond acceptors (Lipinski definition) is 4. The van der Waals surface area contributed by atoms with Crippen molar-refractivity contribution in [2.45, 2.75) is 20.0 Å². The van der Waals surface area contributed by atoms with E-state index in [1.54, 1.807) is 13.8 Å². The fourth-order valence-corrected chi connectivity index (χ4v) is 2.00. The molecule has 0 saturated heterocycles. The summed E-state index contributed by atoms with van der Waals surface area (Å²) in [5, 5.41) is 3.76. The van der Waals surface area contributed by atoms with E-state index in [1.807, 2.05) is 0 Å². The number of alkyl halides is 3. The number of rotatable bonds is 2. The second kappa shape index (κ2) is 5.73. The Kier molecular flexibility index (Phi) is 4.30. The van der Waals surface area contributed by atoms with Crippen LogP contribution in [-0.4, -0.2) is 19.9 Å². The maximum absolute atomic E-state index is 12.6. The van der Waals surface area contributed by atoms with E-state index in [4.69, 9.17) is 34.3 Å². The van der Waals surface area contributed by atoms with Crippen molar-refractivity contribution in [3.63, 3.8) is 0 Å². The summed E-state index contributed by atoms with van der Waals surface area (Å²) in [6.07, 6.45) is -3.90. The van der Waals surface area contributed by atoms with Gasteiger partial charge >= 0.3 is 6.18 Å². The van der Waals surface area contributed by atoms with Crippen molar-refractivity contribution in [3.8, 4) is 11.8 Å². The predicted molar refractivity (Wildman–Crippen MR) is 78.2 cm³/mol. The van der Waals surface area contributed by atoms with Crippen LogP contribution in [0.1, 0.15) is 16.8 Å². The predicted octanol–water partition coefficient (Wildman–Crippen LogP) is 3.45. The smallest absolute Gasteiger partial charge is 0.417 e. The first-order valence-electron chi connectivity index (χ1n) is 5.88. The minimum absolute atomic E-state index is 0.0157. The number of aromatic nitrogens is 3. The lowest BCUT2D eigenvalue weighted by molar-refractivity contribution is -0.137. The Morgan fingerprint density at radius 1 is 1.36 bits per heavy atom. The first-order valence-corrected chi connectivity index (χ1v) is 6.66. The Morgan fingerprint density at radius 2 is 2.00 bits per heavy atom. The second-order valence-corrected chi connectivity index (χ2v) is 5.20. The molecule has 0 bridgehead atoms. The summed E-state index contributed by atoms with van der Waals surface area (Å²) in [6.45, 7) is 3.42. The van der Waals surface area contributed by atoms with Gasteiger partial charge in [-0.1, -0.05) is 11.6 Å². The molecule has 0 fully saturated rings. The number of thiocarbonyl (C=S) groups is 1. The highest BCUT2D eigenvalue weighted by molar-refractivity contribution is 7.80. The van der Waals surface area contributed by atoms with Gasteiger partial charge in [0.05, 0.1) is 11.3 Å². The van der Waals surface area contributed by atoms with Crippen LogP contribution in [0.5, 0.6) is 11.8 Å². The molecule has 0 aliphatic heterocycles. The molecule has 2 heterocycles. The summed E-state index contributed by atoms with van der Waals surface area (Å²) in [5.41, 5.74) is 5.79. The lowest BCUT2D eigenvalue weighted by Crippen LogP contribution is -2.21. The highest BCUT2D eigenvalue weighted by Crippen LogP contribution is 2.35. The van der Waals surface area contributed by atoms with Crippen molar-refractivity contribution in [2.24, 2.45) is 5.73 Å². The molecule has 0 aliphatic carbocycles. The Hall–Kier alpha value is -1.87. The molecule has 22 heavy (non-hydrogen) atoms. The van der Waals surface area contributed by atoms with E-state index in [1.165, 1.54) is 4.68 Å². The largest absolute Gasteiger partial charge is 0.417 e. The van der Waals surface area contributed by atoms with Crippen molar-refractivity contribution in [1.82, 2.24) is 14.8 Å². The third kappa shape index (κ3) is 3.14. The number of hydrogen-bond donors (Lipinski definition) is 1. The van der Waals surface area contributed by atoms with Gasteiger partial charge in [-0.3, -0.25) is 0 Å². The quantitative estimate of drug-likeness (QED) is 0.840. The lowest BCUT2D eigenvalue weighted by Gasteiger charge is -2.09. The molecule has 0 aliphatic rings. The van der Waals surface area contributed by atoms with Gasteiger partial charge in [-0.2, -0.15) is 13.2 Å². The second-order valence-electron chi connectivity index (χ2n) is 4.38. The zero-order chi connectivity index (χ0) is 16.7. The maximum Gasteiger partial charge on any atom is 0.417 e. The average molecular weight is 351 g/mol. The SMILES string of the molecule is Cc1c(Oc2ncc(C(F)(F)F)cc2Cl)nn(C(N)=S)c1C. The van der Waals surface area contributed by atoms with Gasteiger partial charge < -0.3 is 10.5 Å². The zero-order valence-electron chi connectivity index (χ0n) is 11.4. The lowest BCUT2D eigenvalue weighted by atomic mass is 10.3. The van der Waals surface area contributed by atoms with Crippen LogP contribution in [0.3, 0.4) is 0 Å². The van der Waals surface area contributed by atoms with E-state index >= 15 is 0 Å². The Labute approximate surface area is 133 Å². The molecule has 0 aromatic carbocycles. The van der Waals surface area contributed by atoms with E-state index in [-0.39, 0.29) is 21.9 Å². The zero-order valence-corrected chi connectivity index (χ0v) is 13.0. The fourth-order valence-electron chi connectivity index (χ4n) is 1.61. The van der Waals surface area contributed by atoms with Crippen LogP contribution in [0.4, 0.5) is 13.2 Å². The van der Waals surface area contributed by atoms with E-state index < -0.39 is 11.7 Å². The molecule has 118 valence electrons. The van der Waals surface area contributed by atoms with Crippen LogP contribution in [0.25, 0.3) is 0 Å². The highest BCUT2D eigenvalue weighted by Gasteiger charge is 2.32. The Balaban J connectivity index is 2.36. The molecular formula is C12H10ClF3N4OS. The Bertz CT molecular complexity index is 745. The molecular weight excluding hydrogens is 341 g/mol. The number of nitrogens with two attached hydrogens (primary N) is 1.